The lowest BCUT2D eigenvalue weighted by Gasteiger charge is -2.26. The van der Waals surface area contributed by atoms with Crippen molar-refractivity contribution in [2.75, 3.05) is 20.3 Å². The standard InChI is InChI=1S/C36H52N4O9/c1-25(2)21-29(33(43)46-6)39-31(41)28(19-13-14-20-37-34(44)48-23-27-17-11-8-12-18-27)38-32(42)30(40-35(45)49-36(3,4)5)24-47-22-26-15-9-7-10-16-26/h7-12,15-18,25,28-30H,13-14,19-24H2,1-6H3,(H,37,44)(H,38,42)(H,39,41)(H,40,45)/t28-,29-,30-/m0/s1. The minimum Gasteiger partial charge on any atom is -0.467 e. The Bertz CT molecular complexity index is 1320. The SMILES string of the molecule is COC(=O)[C@H](CC(C)C)NC(=O)[C@H](CCCCNC(=O)OCc1ccccc1)NC(=O)[C@H](COCc1ccccc1)NC(=O)OC(C)(C)C. The van der Waals surface area contributed by atoms with Gasteiger partial charge in [0.25, 0.3) is 0 Å². The van der Waals surface area contributed by atoms with Crippen molar-refractivity contribution in [1.82, 2.24) is 21.3 Å². The number of amides is 4. The van der Waals surface area contributed by atoms with Crippen LogP contribution in [-0.4, -0.2) is 74.0 Å². The molecule has 49 heavy (non-hydrogen) atoms. The lowest BCUT2D eigenvalue weighted by molar-refractivity contribution is -0.146. The summed E-state index contributed by atoms with van der Waals surface area (Å²) in [5.74, 6) is -1.82. The molecule has 2 rings (SSSR count). The number of hydrogen-bond donors (Lipinski definition) is 4. The van der Waals surface area contributed by atoms with E-state index in [1.54, 1.807) is 20.8 Å². The van der Waals surface area contributed by atoms with Crippen LogP contribution in [0.1, 0.15) is 71.4 Å². The van der Waals surface area contributed by atoms with Gasteiger partial charge < -0.3 is 40.2 Å². The number of nitrogens with one attached hydrogen (secondary N) is 4. The molecule has 0 fully saturated rings. The van der Waals surface area contributed by atoms with Gasteiger partial charge in [0.05, 0.1) is 20.3 Å². The number of benzene rings is 2. The third-order valence-corrected chi connectivity index (χ3v) is 6.95. The van der Waals surface area contributed by atoms with E-state index in [9.17, 15) is 24.0 Å². The molecule has 0 spiro atoms. The van der Waals surface area contributed by atoms with E-state index >= 15 is 0 Å². The highest BCUT2D eigenvalue weighted by Gasteiger charge is 2.31. The normalized spacial score (nSPS) is 13.0. The minimum atomic E-state index is -1.21. The van der Waals surface area contributed by atoms with Gasteiger partial charge in [-0.1, -0.05) is 74.5 Å². The number of esters is 1. The van der Waals surface area contributed by atoms with Crippen LogP contribution in [-0.2, 0) is 46.5 Å². The second-order valence-corrected chi connectivity index (χ2v) is 13.0. The minimum absolute atomic E-state index is 0.0642. The summed E-state index contributed by atoms with van der Waals surface area (Å²) in [6, 6.07) is 15.4. The quantitative estimate of drug-likeness (QED) is 0.0953. The van der Waals surface area contributed by atoms with Gasteiger partial charge in [0, 0.05) is 6.54 Å². The van der Waals surface area contributed by atoms with E-state index in [4.69, 9.17) is 18.9 Å². The fraction of sp³-hybridized carbons (Fsp3) is 0.528. The fourth-order valence-electron chi connectivity index (χ4n) is 4.58. The van der Waals surface area contributed by atoms with Crippen molar-refractivity contribution in [3.63, 3.8) is 0 Å². The molecule has 0 unspecified atom stereocenters. The average molecular weight is 685 g/mol. The molecule has 2 aromatic carbocycles. The fourth-order valence-corrected chi connectivity index (χ4v) is 4.58. The van der Waals surface area contributed by atoms with Gasteiger partial charge in [-0.2, -0.15) is 0 Å². The molecule has 0 aliphatic heterocycles. The van der Waals surface area contributed by atoms with E-state index < -0.39 is 53.7 Å². The van der Waals surface area contributed by atoms with Crippen LogP contribution in [0.25, 0.3) is 0 Å². The first kappa shape index (κ1) is 40.5. The summed E-state index contributed by atoms with van der Waals surface area (Å²) in [5.41, 5.74) is 0.905. The van der Waals surface area contributed by atoms with Crippen molar-refractivity contribution in [1.29, 1.82) is 0 Å². The van der Waals surface area contributed by atoms with Gasteiger partial charge in [0.15, 0.2) is 0 Å². The third kappa shape index (κ3) is 17.4. The van der Waals surface area contributed by atoms with Gasteiger partial charge in [0.1, 0.15) is 30.3 Å². The molecule has 4 N–H and O–H groups in total. The largest absolute Gasteiger partial charge is 0.467 e. The molecule has 13 nitrogen and oxygen atoms in total. The Hall–Kier alpha value is -4.65. The number of ether oxygens (including phenoxy) is 4. The highest BCUT2D eigenvalue weighted by molar-refractivity contribution is 5.93. The van der Waals surface area contributed by atoms with E-state index in [2.05, 4.69) is 21.3 Å². The lowest BCUT2D eigenvalue weighted by Crippen LogP contribution is -2.57. The van der Waals surface area contributed by atoms with E-state index in [0.717, 1.165) is 11.1 Å². The number of unbranched alkanes of at least 4 members (excludes halogenated alkanes) is 1. The van der Waals surface area contributed by atoms with E-state index in [-0.39, 0.29) is 38.7 Å². The highest BCUT2D eigenvalue weighted by Crippen LogP contribution is 2.11. The summed E-state index contributed by atoms with van der Waals surface area (Å²) in [6.07, 6.45) is -0.0365. The smallest absolute Gasteiger partial charge is 0.408 e. The Labute approximate surface area is 289 Å². The third-order valence-electron chi connectivity index (χ3n) is 6.95. The Morgan fingerprint density at radius 2 is 1.29 bits per heavy atom. The summed E-state index contributed by atoms with van der Waals surface area (Å²) in [6.45, 7) is 9.27. The summed E-state index contributed by atoms with van der Waals surface area (Å²) in [4.78, 5) is 64.4. The first-order valence-electron chi connectivity index (χ1n) is 16.5. The van der Waals surface area contributed by atoms with Crippen LogP contribution in [0.2, 0.25) is 0 Å². The Morgan fingerprint density at radius 1 is 0.714 bits per heavy atom. The predicted octanol–water partition coefficient (Wildman–Crippen LogP) is 4.38. The van der Waals surface area contributed by atoms with E-state index in [1.807, 2.05) is 74.5 Å². The molecule has 0 saturated carbocycles. The van der Waals surface area contributed by atoms with Crippen LogP contribution < -0.4 is 21.3 Å². The molecule has 0 radical (unpaired) electrons. The number of hydrogen-bond acceptors (Lipinski definition) is 9. The van der Waals surface area contributed by atoms with Gasteiger partial charge in [-0.3, -0.25) is 9.59 Å². The van der Waals surface area contributed by atoms with E-state index in [1.165, 1.54) is 7.11 Å². The molecule has 270 valence electrons. The van der Waals surface area contributed by atoms with Crippen molar-refractivity contribution >= 4 is 30.0 Å². The Kier molecular flexibility index (Phi) is 17.7. The molecular formula is C36H52N4O9. The van der Waals surface area contributed by atoms with Gasteiger partial charge in [-0.05, 0) is 63.5 Å². The molecule has 0 aliphatic carbocycles. The molecule has 0 saturated heterocycles. The van der Waals surface area contributed by atoms with Crippen LogP contribution in [0.15, 0.2) is 60.7 Å². The van der Waals surface area contributed by atoms with Gasteiger partial charge in [-0.25, -0.2) is 14.4 Å². The maximum atomic E-state index is 13.6. The van der Waals surface area contributed by atoms with Crippen LogP contribution in [0, 0.1) is 5.92 Å². The molecule has 0 heterocycles. The zero-order valence-corrected chi connectivity index (χ0v) is 29.4. The molecule has 4 amide bonds. The zero-order chi connectivity index (χ0) is 36.2. The van der Waals surface area contributed by atoms with Crippen molar-refractivity contribution in [2.24, 2.45) is 5.92 Å². The first-order valence-corrected chi connectivity index (χ1v) is 16.5. The molecule has 0 aromatic heterocycles. The highest BCUT2D eigenvalue weighted by atomic mass is 16.6. The van der Waals surface area contributed by atoms with Gasteiger partial charge in [-0.15, -0.1) is 0 Å². The van der Waals surface area contributed by atoms with Crippen molar-refractivity contribution in [3.8, 4) is 0 Å². The van der Waals surface area contributed by atoms with Crippen LogP contribution in [0.4, 0.5) is 9.59 Å². The Morgan fingerprint density at radius 3 is 1.86 bits per heavy atom. The van der Waals surface area contributed by atoms with Crippen LogP contribution >= 0.6 is 0 Å². The number of carbonyl (C=O) groups excluding carboxylic acids is 5. The first-order chi connectivity index (χ1) is 23.3. The topological polar surface area (TPSA) is 170 Å². The number of methoxy groups -OCH3 is 1. The summed E-state index contributed by atoms with van der Waals surface area (Å²) in [7, 11) is 1.24. The molecular weight excluding hydrogens is 632 g/mol. The number of carbonyl (C=O) groups is 5. The van der Waals surface area contributed by atoms with Crippen molar-refractivity contribution in [2.45, 2.75) is 97.2 Å². The monoisotopic (exact) mass is 684 g/mol. The average Bonchev–Trinajstić information content (AvgIpc) is 3.05. The van der Waals surface area contributed by atoms with Crippen LogP contribution in [0.3, 0.4) is 0 Å². The number of alkyl carbamates (subject to hydrolysis) is 2. The molecule has 3 atom stereocenters. The summed E-state index contributed by atoms with van der Waals surface area (Å²) < 4.78 is 21.2. The second-order valence-electron chi connectivity index (χ2n) is 13.0. The molecule has 0 bridgehead atoms. The molecule has 0 aliphatic rings. The van der Waals surface area contributed by atoms with Crippen LogP contribution in [0.5, 0.6) is 0 Å². The predicted molar refractivity (Wildman–Crippen MR) is 183 cm³/mol. The Balaban J connectivity index is 2.10. The van der Waals surface area contributed by atoms with Crippen molar-refractivity contribution in [3.05, 3.63) is 71.8 Å². The van der Waals surface area contributed by atoms with Crippen molar-refractivity contribution < 1.29 is 42.9 Å². The van der Waals surface area contributed by atoms with Gasteiger partial charge in [0.2, 0.25) is 11.8 Å². The summed E-state index contributed by atoms with van der Waals surface area (Å²) in [5, 5.41) is 10.7. The maximum absolute atomic E-state index is 13.6. The lowest BCUT2D eigenvalue weighted by atomic mass is 10.0. The second kappa shape index (κ2) is 21.3. The summed E-state index contributed by atoms with van der Waals surface area (Å²) >= 11 is 0. The number of rotatable bonds is 19. The van der Waals surface area contributed by atoms with E-state index in [0.29, 0.717) is 19.3 Å². The molecule has 2 aromatic rings. The van der Waals surface area contributed by atoms with Gasteiger partial charge >= 0.3 is 18.2 Å². The molecule has 13 heteroatoms. The maximum Gasteiger partial charge on any atom is 0.408 e. The zero-order valence-electron chi connectivity index (χ0n) is 29.4.